The van der Waals surface area contributed by atoms with Gasteiger partial charge in [-0.15, -0.1) is 0 Å². The molecule has 0 saturated heterocycles. The smallest absolute Gasteiger partial charge is 0.0537 e. The molecule has 3 heteroatoms. The van der Waals surface area contributed by atoms with E-state index in [2.05, 4.69) is 30.6 Å². The monoisotopic (exact) mass is 249 g/mol. The summed E-state index contributed by atoms with van der Waals surface area (Å²) in [7, 11) is 2.09. The first-order valence-electron chi connectivity index (χ1n) is 7.54. The van der Waals surface area contributed by atoms with E-state index in [1.165, 1.54) is 50.5 Å². The minimum absolute atomic E-state index is 0.489. The van der Waals surface area contributed by atoms with Gasteiger partial charge in [-0.25, -0.2) is 0 Å². The lowest BCUT2D eigenvalue weighted by Gasteiger charge is -2.27. The first-order valence-corrected chi connectivity index (χ1v) is 7.54. The predicted octanol–water partition coefficient (Wildman–Crippen LogP) is 3.52. The van der Waals surface area contributed by atoms with Gasteiger partial charge >= 0.3 is 0 Å². The van der Waals surface area contributed by atoms with Crippen LogP contribution in [0.2, 0.25) is 0 Å². The van der Waals surface area contributed by atoms with Crippen LogP contribution in [0.1, 0.15) is 63.5 Å². The Morgan fingerprint density at radius 1 is 1.28 bits per heavy atom. The van der Waals surface area contributed by atoms with Crippen molar-refractivity contribution in [1.82, 2.24) is 15.1 Å². The lowest BCUT2D eigenvalue weighted by atomic mass is 9.84. The lowest BCUT2D eigenvalue weighted by molar-refractivity contribution is 0.299. The summed E-state index contributed by atoms with van der Waals surface area (Å²) in [4.78, 5) is 0. The molecule has 0 spiro atoms. The summed E-state index contributed by atoms with van der Waals surface area (Å²) < 4.78 is 2.03. The van der Waals surface area contributed by atoms with Gasteiger partial charge in [-0.2, -0.15) is 5.10 Å². The lowest BCUT2D eigenvalue weighted by Crippen LogP contribution is -2.25. The van der Waals surface area contributed by atoms with Gasteiger partial charge in [0, 0.05) is 24.3 Å². The molecular formula is C15H27N3. The number of nitrogens with zero attached hydrogens (tertiary/aromatic N) is 2. The zero-order valence-corrected chi connectivity index (χ0v) is 11.9. The molecule has 0 aliphatic heterocycles. The molecule has 1 unspecified atom stereocenters. The molecule has 1 atom stereocenters. The third-order valence-corrected chi connectivity index (χ3v) is 4.27. The standard InChI is InChI=1S/C15H27N3/c1-3-18-12-14(11-17-18)15(16-2)13-9-7-5-4-6-8-10-13/h11-13,15-16H,3-10H2,1-2H3. The number of rotatable bonds is 4. The summed E-state index contributed by atoms with van der Waals surface area (Å²) in [5, 5.41) is 7.94. The number of aromatic nitrogens is 2. The Balaban J connectivity index is 2.05. The van der Waals surface area contributed by atoms with Crippen LogP contribution in [0.3, 0.4) is 0 Å². The van der Waals surface area contributed by atoms with Crippen LogP contribution in [-0.2, 0) is 6.54 Å². The maximum atomic E-state index is 4.42. The van der Waals surface area contributed by atoms with Crippen LogP contribution in [0.5, 0.6) is 0 Å². The predicted molar refractivity (Wildman–Crippen MR) is 75.5 cm³/mol. The normalized spacial score (nSPS) is 20.3. The molecule has 0 radical (unpaired) electrons. The summed E-state index contributed by atoms with van der Waals surface area (Å²) in [6, 6.07) is 0.489. The molecule has 1 aromatic rings. The minimum Gasteiger partial charge on any atom is -0.313 e. The Morgan fingerprint density at radius 2 is 1.94 bits per heavy atom. The molecule has 1 aliphatic carbocycles. The number of hydrogen-bond donors (Lipinski definition) is 1. The second-order valence-electron chi connectivity index (χ2n) is 5.50. The third-order valence-electron chi connectivity index (χ3n) is 4.27. The summed E-state index contributed by atoms with van der Waals surface area (Å²) >= 11 is 0. The molecule has 102 valence electrons. The van der Waals surface area contributed by atoms with Gasteiger partial charge in [0.05, 0.1) is 6.20 Å². The highest BCUT2D eigenvalue weighted by atomic mass is 15.3. The highest BCUT2D eigenvalue weighted by Gasteiger charge is 2.23. The highest BCUT2D eigenvalue weighted by Crippen LogP contribution is 2.32. The van der Waals surface area contributed by atoms with Crippen molar-refractivity contribution in [2.24, 2.45) is 5.92 Å². The molecule has 1 saturated carbocycles. The van der Waals surface area contributed by atoms with Crippen molar-refractivity contribution in [2.75, 3.05) is 7.05 Å². The van der Waals surface area contributed by atoms with Gasteiger partial charge in [-0.05, 0) is 32.7 Å². The molecule has 1 aliphatic rings. The van der Waals surface area contributed by atoms with E-state index in [-0.39, 0.29) is 0 Å². The van der Waals surface area contributed by atoms with Gasteiger partial charge in [0.15, 0.2) is 0 Å². The maximum absolute atomic E-state index is 4.42. The molecule has 0 aromatic carbocycles. The van der Waals surface area contributed by atoms with E-state index >= 15 is 0 Å². The largest absolute Gasteiger partial charge is 0.313 e. The van der Waals surface area contributed by atoms with Gasteiger partial charge in [-0.3, -0.25) is 4.68 Å². The Labute approximate surface area is 111 Å². The molecule has 1 fully saturated rings. The van der Waals surface area contributed by atoms with E-state index in [0.29, 0.717) is 6.04 Å². The minimum atomic E-state index is 0.489. The molecule has 0 bridgehead atoms. The SMILES string of the molecule is CCn1cc(C(NC)C2CCCCCCC2)cn1. The summed E-state index contributed by atoms with van der Waals surface area (Å²) in [5.41, 5.74) is 1.37. The number of aryl methyl sites for hydroxylation is 1. The van der Waals surface area contributed by atoms with Crippen LogP contribution in [-0.4, -0.2) is 16.8 Å². The fraction of sp³-hybridized carbons (Fsp3) is 0.800. The molecule has 1 aromatic heterocycles. The van der Waals surface area contributed by atoms with Crippen molar-refractivity contribution in [3.63, 3.8) is 0 Å². The van der Waals surface area contributed by atoms with Crippen molar-refractivity contribution in [2.45, 2.75) is 64.5 Å². The molecule has 3 nitrogen and oxygen atoms in total. The Kier molecular flexibility index (Phi) is 5.24. The van der Waals surface area contributed by atoms with Gasteiger partial charge in [0.25, 0.3) is 0 Å². The molecule has 18 heavy (non-hydrogen) atoms. The summed E-state index contributed by atoms with van der Waals surface area (Å²) in [5.74, 6) is 0.782. The van der Waals surface area contributed by atoms with Crippen molar-refractivity contribution < 1.29 is 0 Å². The van der Waals surface area contributed by atoms with E-state index in [1.54, 1.807) is 0 Å². The van der Waals surface area contributed by atoms with Gasteiger partial charge < -0.3 is 5.32 Å². The van der Waals surface area contributed by atoms with Crippen LogP contribution in [0.4, 0.5) is 0 Å². The van der Waals surface area contributed by atoms with E-state index in [9.17, 15) is 0 Å². The first-order chi connectivity index (χ1) is 8.85. The van der Waals surface area contributed by atoms with Crippen molar-refractivity contribution in [3.8, 4) is 0 Å². The van der Waals surface area contributed by atoms with Crippen LogP contribution in [0, 0.1) is 5.92 Å². The fourth-order valence-corrected chi connectivity index (χ4v) is 3.21. The third kappa shape index (κ3) is 3.35. The van der Waals surface area contributed by atoms with Gasteiger partial charge in [0.1, 0.15) is 0 Å². The van der Waals surface area contributed by atoms with Crippen LogP contribution < -0.4 is 5.32 Å². The Morgan fingerprint density at radius 3 is 2.50 bits per heavy atom. The van der Waals surface area contributed by atoms with Crippen LogP contribution >= 0.6 is 0 Å². The van der Waals surface area contributed by atoms with Crippen molar-refractivity contribution >= 4 is 0 Å². The average Bonchev–Trinajstić information content (AvgIpc) is 2.81. The molecule has 1 N–H and O–H groups in total. The highest BCUT2D eigenvalue weighted by molar-refractivity contribution is 5.11. The second kappa shape index (κ2) is 6.93. The zero-order valence-electron chi connectivity index (χ0n) is 11.9. The Hall–Kier alpha value is -0.830. The number of hydrogen-bond acceptors (Lipinski definition) is 2. The topological polar surface area (TPSA) is 29.9 Å². The molecular weight excluding hydrogens is 222 g/mol. The zero-order chi connectivity index (χ0) is 12.8. The summed E-state index contributed by atoms with van der Waals surface area (Å²) in [6.45, 7) is 3.10. The number of nitrogens with one attached hydrogen (secondary N) is 1. The average molecular weight is 249 g/mol. The molecule has 2 rings (SSSR count). The van der Waals surface area contributed by atoms with Crippen molar-refractivity contribution in [3.05, 3.63) is 18.0 Å². The van der Waals surface area contributed by atoms with E-state index in [0.717, 1.165) is 12.5 Å². The molecule has 1 heterocycles. The molecule has 0 amide bonds. The van der Waals surface area contributed by atoms with Gasteiger partial charge in [-0.1, -0.05) is 32.1 Å². The van der Waals surface area contributed by atoms with E-state index in [1.807, 2.05) is 10.9 Å². The Bertz CT molecular complexity index is 337. The van der Waals surface area contributed by atoms with Crippen molar-refractivity contribution in [1.29, 1.82) is 0 Å². The quantitative estimate of drug-likeness (QED) is 0.884. The maximum Gasteiger partial charge on any atom is 0.0537 e. The van der Waals surface area contributed by atoms with Crippen LogP contribution in [0.15, 0.2) is 12.4 Å². The second-order valence-corrected chi connectivity index (χ2v) is 5.50. The fourth-order valence-electron chi connectivity index (χ4n) is 3.21. The first kappa shape index (κ1) is 13.6. The summed E-state index contributed by atoms with van der Waals surface area (Å²) in [6.07, 6.45) is 14.0. The van der Waals surface area contributed by atoms with Gasteiger partial charge in [0.2, 0.25) is 0 Å². The van der Waals surface area contributed by atoms with Crippen LogP contribution in [0.25, 0.3) is 0 Å². The van der Waals surface area contributed by atoms with E-state index in [4.69, 9.17) is 0 Å². The van der Waals surface area contributed by atoms with E-state index < -0.39 is 0 Å².